The van der Waals surface area contributed by atoms with Crippen LogP contribution in [0.25, 0.3) is 5.69 Å². The van der Waals surface area contributed by atoms with Crippen LogP contribution in [0.1, 0.15) is 41.7 Å². The zero-order valence-corrected chi connectivity index (χ0v) is 23.2. The number of amides is 1. The molecule has 2 atom stereocenters. The van der Waals surface area contributed by atoms with Crippen molar-refractivity contribution in [2.75, 3.05) is 17.3 Å². The SMILES string of the molecule is COc1cc([N+](=O)[O-])ccc1-n1c(C)cc([C@@H]2[C@H](c3ccccn3)NC(=S)N2c2ccc(NC(C)=O)cc2)c1C. The van der Waals surface area contributed by atoms with Crippen LogP contribution in [-0.4, -0.2) is 32.6 Å². The van der Waals surface area contributed by atoms with E-state index < -0.39 is 4.92 Å². The standard InChI is InChI=1S/C29H28N6O4S/c1-17-15-23(18(2)33(17)25-13-12-22(35(37)38)16-26(25)39-4)28-27(24-7-5-6-14-30-24)32-29(40)34(28)21-10-8-20(9-11-21)31-19(3)36/h5-16,27-28H,1-4H3,(H,31,36)(H,32,40)/t27-,28+/m0/s1. The molecule has 0 unspecified atom stereocenters. The van der Waals surface area contributed by atoms with Crippen molar-refractivity contribution in [1.29, 1.82) is 0 Å². The topological polar surface area (TPSA) is 115 Å². The molecule has 2 aromatic carbocycles. The fourth-order valence-electron chi connectivity index (χ4n) is 5.28. The summed E-state index contributed by atoms with van der Waals surface area (Å²) in [5.74, 6) is 0.252. The molecule has 1 saturated heterocycles. The van der Waals surface area contributed by atoms with E-state index in [4.69, 9.17) is 17.0 Å². The number of nitrogens with zero attached hydrogens (tertiary/aromatic N) is 4. The van der Waals surface area contributed by atoms with Gasteiger partial charge < -0.3 is 24.8 Å². The van der Waals surface area contributed by atoms with Crippen molar-refractivity contribution in [1.82, 2.24) is 14.9 Å². The Hall–Kier alpha value is -4.77. The number of thiocarbonyl (C=S) groups is 1. The first-order valence-electron chi connectivity index (χ1n) is 12.6. The number of pyridine rings is 1. The lowest BCUT2D eigenvalue weighted by atomic mass is 9.96. The van der Waals surface area contributed by atoms with Crippen LogP contribution in [0.5, 0.6) is 5.75 Å². The molecule has 0 spiro atoms. The van der Waals surface area contributed by atoms with Gasteiger partial charge in [0.2, 0.25) is 5.91 Å². The maximum Gasteiger partial charge on any atom is 0.273 e. The number of rotatable bonds is 7. The van der Waals surface area contributed by atoms with Crippen molar-refractivity contribution in [3.05, 3.63) is 106 Å². The summed E-state index contributed by atoms with van der Waals surface area (Å²) in [6, 6.07) is 19.5. The summed E-state index contributed by atoms with van der Waals surface area (Å²) in [6.45, 7) is 5.47. The Morgan fingerprint density at radius 3 is 2.50 bits per heavy atom. The number of ether oxygens (including phenoxy) is 1. The lowest BCUT2D eigenvalue weighted by Gasteiger charge is -2.28. The number of nitro benzene ring substituents is 1. The first-order chi connectivity index (χ1) is 19.2. The molecular formula is C29H28N6O4S. The zero-order valence-electron chi connectivity index (χ0n) is 22.4. The van der Waals surface area contributed by atoms with Crippen molar-refractivity contribution < 1.29 is 14.5 Å². The summed E-state index contributed by atoms with van der Waals surface area (Å²) in [6.07, 6.45) is 1.76. The van der Waals surface area contributed by atoms with E-state index in [1.165, 1.54) is 26.2 Å². The van der Waals surface area contributed by atoms with E-state index in [-0.39, 0.29) is 23.7 Å². The minimum atomic E-state index is -0.440. The monoisotopic (exact) mass is 556 g/mol. The van der Waals surface area contributed by atoms with Crippen LogP contribution in [0.4, 0.5) is 17.1 Å². The highest BCUT2D eigenvalue weighted by atomic mass is 32.1. The van der Waals surface area contributed by atoms with Crippen LogP contribution in [-0.2, 0) is 4.79 Å². The Morgan fingerprint density at radius 1 is 1.12 bits per heavy atom. The second kappa shape index (κ2) is 10.8. The molecule has 0 radical (unpaired) electrons. The molecule has 5 rings (SSSR count). The number of anilines is 2. The van der Waals surface area contributed by atoms with E-state index >= 15 is 0 Å². The van der Waals surface area contributed by atoms with Crippen molar-refractivity contribution in [3.8, 4) is 11.4 Å². The lowest BCUT2D eigenvalue weighted by molar-refractivity contribution is -0.384. The Kier molecular flexibility index (Phi) is 7.22. The number of hydrogen-bond donors (Lipinski definition) is 2. The lowest BCUT2D eigenvalue weighted by Crippen LogP contribution is -2.29. The van der Waals surface area contributed by atoms with E-state index in [1.54, 1.807) is 12.3 Å². The Bertz CT molecular complexity index is 1600. The maximum atomic E-state index is 11.5. The first-order valence-corrected chi connectivity index (χ1v) is 13.0. The highest BCUT2D eigenvalue weighted by molar-refractivity contribution is 7.80. The van der Waals surface area contributed by atoms with Crippen LogP contribution in [0.2, 0.25) is 0 Å². The van der Waals surface area contributed by atoms with Crippen LogP contribution in [0, 0.1) is 24.0 Å². The second-order valence-electron chi connectivity index (χ2n) is 9.50. The number of nitro groups is 1. The summed E-state index contributed by atoms with van der Waals surface area (Å²) in [5, 5.41) is 18.2. The highest BCUT2D eigenvalue weighted by Crippen LogP contribution is 2.44. The fourth-order valence-corrected chi connectivity index (χ4v) is 5.63. The van der Waals surface area contributed by atoms with E-state index in [2.05, 4.69) is 26.6 Å². The van der Waals surface area contributed by atoms with Crippen molar-refractivity contribution in [2.45, 2.75) is 32.9 Å². The molecule has 1 fully saturated rings. The number of aryl methyl sites for hydroxylation is 1. The number of benzene rings is 2. The fraction of sp³-hybridized carbons (Fsp3) is 0.207. The van der Waals surface area contributed by atoms with Gasteiger partial charge >= 0.3 is 0 Å². The van der Waals surface area contributed by atoms with Crippen molar-refractivity contribution >= 4 is 40.3 Å². The van der Waals surface area contributed by atoms with Crippen molar-refractivity contribution in [3.63, 3.8) is 0 Å². The van der Waals surface area contributed by atoms with Crippen molar-refractivity contribution in [2.24, 2.45) is 0 Å². The number of methoxy groups -OCH3 is 1. The maximum absolute atomic E-state index is 11.5. The third kappa shape index (κ3) is 4.87. The van der Waals surface area contributed by atoms with Gasteiger partial charge in [0, 0.05) is 41.9 Å². The summed E-state index contributed by atoms with van der Waals surface area (Å²) in [4.78, 5) is 29.1. The van der Waals surface area contributed by atoms with Crippen LogP contribution in [0.3, 0.4) is 0 Å². The Balaban J connectivity index is 1.65. The number of aromatic nitrogens is 2. The van der Waals surface area contributed by atoms with Gasteiger partial charge in [-0.3, -0.25) is 19.9 Å². The van der Waals surface area contributed by atoms with Gasteiger partial charge in [0.05, 0.1) is 41.6 Å². The Morgan fingerprint density at radius 2 is 1.88 bits per heavy atom. The molecular weight excluding hydrogens is 528 g/mol. The minimum absolute atomic E-state index is 0.0438. The predicted octanol–water partition coefficient (Wildman–Crippen LogP) is 5.54. The number of nitrogens with one attached hydrogen (secondary N) is 2. The molecule has 204 valence electrons. The molecule has 3 heterocycles. The van der Waals surface area contributed by atoms with Gasteiger partial charge in [-0.15, -0.1) is 0 Å². The highest BCUT2D eigenvalue weighted by Gasteiger charge is 2.42. The smallest absolute Gasteiger partial charge is 0.273 e. The van der Waals surface area contributed by atoms with E-state index in [9.17, 15) is 14.9 Å². The molecule has 2 N–H and O–H groups in total. The molecule has 1 aliphatic rings. The number of carbonyl (C=O) groups is 1. The summed E-state index contributed by atoms with van der Waals surface area (Å²) >= 11 is 5.86. The minimum Gasteiger partial charge on any atom is -0.494 e. The van der Waals surface area contributed by atoms with E-state index in [0.29, 0.717) is 22.2 Å². The molecule has 2 aromatic heterocycles. The predicted molar refractivity (Wildman–Crippen MR) is 157 cm³/mol. The molecule has 40 heavy (non-hydrogen) atoms. The van der Waals surface area contributed by atoms with Gasteiger partial charge in [0.15, 0.2) is 5.11 Å². The van der Waals surface area contributed by atoms with E-state index in [0.717, 1.165) is 28.3 Å². The summed E-state index contributed by atoms with van der Waals surface area (Å²) in [7, 11) is 1.50. The molecule has 0 saturated carbocycles. The normalized spacial score (nSPS) is 16.5. The van der Waals surface area contributed by atoms with Gasteiger partial charge in [-0.1, -0.05) is 6.07 Å². The molecule has 11 heteroatoms. The molecule has 4 aromatic rings. The first kappa shape index (κ1) is 26.8. The zero-order chi connectivity index (χ0) is 28.6. The molecule has 0 bridgehead atoms. The molecule has 0 aliphatic carbocycles. The summed E-state index contributed by atoms with van der Waals surface area (Å²) < 4.78 is 7.60. The van der Waals surface area contributed by atoms with Gasteiger partial charge in [-0.2, -0.15) is 0 Å². The van der Waals surface area contributed by atoms with Crippen LogP contribution >= 0.6 is 12.2 Å². The van der Waals surface area contributed by atoms with Crippen LogP contribution in [0.15, 0.2) is 72.9 Å². The number of non-ortho nitro benzene ring substituents is 1. The quantitative estimate of drug-likeness (QED) is 0.173. The average Bonchev–Trinajstić information content (AvgIpc) is 3.43. The number of carbonyl (C=O) groups excluding carboxylic acids is 1. The Labute approximate surface area is 236 Å². The molecule has 1 aliphatic heterocycles. The average molecular weight is 557 g/mol. The van der Waals surface area contributed by atoms with Gasteiger partial charge in [-0.05, 0) is 80.2 Å². The third-order valence-electron chi connectivity index (χ3n) is 6.97. The van der Waals surface area contributed by atoms with Gasteiger partial charge in [0.1, 0.15) is 5.75 Å². The summed E-state index contributed by atoms with van der Waals surface area (Å²) in [5.41, 5.74) is 5.90. The third-order valence-corrected chi connectivity index (χ3v) is 7.28. The molecule has 1 amide bonds. The van der Waals surface area contributed by atoms with Gasteiger partial charge in [0.25, 0.3) is 5.69 Å². The van der Waals surface area contributed by atoms with Crippen LogP contribution < -0.4 is 20.3 Å². The van der Waals surface area contributed by atoms with Gasteiger partial charge in [-0.25, -0.2) is 0 Å². The molecule has 10 nitrogen and oxygen atoms in total. The largest absolute Gasteiger partial charge is 0.494 e. The van der Waals surface area contributed by atoms with E-state index in [1.807, 2.05) is 60.9 Å². The second-order valence-corrected chi connectivity index (χ2v) is 9.89. The number of hydrogen-bond acceptors (Lipinski definition) is 6.